The third kappa shape index (κ3) is 4.50. The van der Waals surface area contributed by atoms with Crippen molar-refractivity contribution < 1.29 is 13.2 Å². The summed E-state index contributed by atoms with van der Waals surface area (Å²) in [6.07, 6.45) is 2.82. The maximum atomic E-state index is 12.5. The molecule has 134 valence electrons. The normalized spacial score (nSPS) is 11.2. The molecule has 0 spiro atoms. The monoisotopic (exact) mass is 389 g/mol. The van der Waals surface area contributed by atoms with E-state index in [0.717, 1.165) is 11.1 Å². The molecule has 1 N–H and O–H groups in total. The second-order valence-corrected chi connectivity index (χ2v) is 7.66. The molecule has 1 heterocycles. The number of ether oxygens (including phenoxy) is 1. The summed E-state index contributed by atoms with van der Waals surface area (Å²) in [4.78, 5) is 8.24. The molecule has 8 heteroatoms. The van der Waals surface area contributed by atoms with Crippen molar-refractivity contribution in [2.45, 2.75) is 18.4 Å². The van der Waals surface area contributed by atoms with Gasteiger partial charge >= 0.3 is 0 Å². The highest BCUT2D eigenvalue weighted by Crippen LogP contribution is 2.23. The Balaban J connectivity index is 1.78. The van der Waals surface area contributed by atoms with Gasteiger partial charge in [0.25, 0.3) is 15.9 Å². The highest BCUT2D eigenvalue weighted by Gasteiger charge is 2.18. The van der Waals surface area contributed by atoms with Gasteiger partial charge in [0.05, 0.1) is 4.90 Å². The topological polar surface area (TPSA) is 81.2 Å². The number of hydrogen-bond acceptors (Lipinski definition) is 5. The molecule has 0 unspecified atom stereocenters. The fourth-order valence-corrected chi connectivity index (χ4v) is 3.27. The van der Waals surface area contributed by atoms with Gasteiger partial charge in [0.1, 0.15) is 6.61 Å². The zero-order valence-corrected chi connectivity index (χ0v) is 15.5. The SMILES string of the molecule is Cc1ccc(S(=O)(=O)Nc2nccnc2OCc2ccc(Cl)cc2)cc1. The van der Waals surface area contributed by atoms with E-state index in [1.807, 2.05) is 19.1 Å². The molecule has 0 aliphatic rings. The lowest BCUT2D eigenvalue weighted by atomic mass is 10.2. The first-order valence-corrected chi connectivity index (χ1v) is 9.58. The van der Waals surface area contributed by atoms with Gasteiger partial charge in [-0.2, -0.15) is 0 Å². The molecule has 1 aromatic heterocycles. The van der Waals surface area contributed by atoms with Gasteiger partial charge in [-0.25, -0.2) is 18.4 Å². The summed E-state index contributed by atoms with van der Waals surface area (Å²) in [5.74, 6) is 0.125. The molecule has 0 fully saturated rings. The molecule has 0 aliphatic carbocycles. The van der Waals surface area contributed by atoms with Crippen molar-refractivity contribution in [2.24, 2.45) is 0 Å². The van der Waals surface area contributed by atoms with E-state index >= 15 is 0 Å². The van der Waals surface area contributed by atoms with Crippen LogP contribution >= 0.6 is 11.6 Å². The number of aromatic nitrogens is 2. The molecule has 0 aliphatic heterocycles. The van der Waals surface area contributed by atoms with Crippen LogP contribution in [-0.4, -0.2) is 18.4 Å². The Kier molecular flexibility index (Phi) is 5.39. The van der Waals surface area contributed by atoms with Gasteiger partial charge in [-0.05, 0) is 36.8 Å². The number of nitrogens with zero attached hydrogens (tertiary/aromatic N) is 2. The predicted molar refractivity (Wildman–Crippen MR) is 99.8 cm³/mol. The van der Waals surface area contributed by atoms with E-state index in [0.29, 0.717) is 5.02 Å². The predicted octanol–water partition coefficient (Wildman–Crippen LogP) is 3.82. The number of nitrogens with one attached hydrogen (secondary N) is 1. The molecule has 3 rings (SSSR count). The van der Waals surface area contributed by atoms with Crippen molar-refractivity contribution >= 4 is 27.4 Å². The summed E-state index contributed by atoms with van der Waals surface area (Å²) in [6, 6.07) is 13.6. The summed E-state index contributed by atoms with van der Waals surface area (Å²) in [5.41, 5.74) is 1.84. The number of hydrogen-bond donors (Lipinski definition) is 1. The first kappa shape index (κ1) is 18.2. The lowest BCUT2D eigenvalue weighted by Gasteiger charge is -2.12. The van der Waals surface area contributed by atoms with E-state index in [9.17, 15) is 8.42 Å². The summed E-state index contributed by atoms with van der Waals surface area (Å²) in [5, 5.41) is 0.625. The minimum Gasteiger partial charge on any atom is -0.470 e. The second-order valence-electron chi connectivity index (χ2n) is 5.54. The van der Waals surface area contributed by atoms with E-state index in [4.69, 9.17) is 16.3 Å². The van der Waals surface area contributed by atoms with Crippen LogP contribution in [0.2, 0.25) is 5.02 Å². The highest BCUT2D eigenvalue weighted by molar-refractivity contribution is 7.92. The minimum atomic E-state index is -3.79. The lowest BCUT2D eigenvalue weighted by molar-refractivity contribution is 0.294. The second kappa shape index (κ2) is 7.72. The standard InChI is InChI=1S/C18H16ClN3O3S/c1-13-2-8-16(9-3-13)26(23,24)22-17-18(21-11-10-20-17)25-12-14-4-6-15(19)7-5-14/h2-11H,12H2,1H3,(H,20,22). The zero-order chi connectivity index (χ0) is 18.6. The molecule has 0 radical (unpaired) electrons. The van der Waals surface area contributed by atoms with Crippen LogP contribution in [0.25, 0.3) is 0 Å². The van der Waals surface area contributed by atoms with Crippen LogP contribution in [0.1, 0.15) is 11.1 Å². The van der Waals surface area contributed by atoms with Crippen molar-refractivity contribution in [1.82, 2.24) is 9.97 Å². The lowest BCUT2D eigenvalue weighted by Crippen LogP contribution is -2.15. The van der Waals surface area contributed by atoms with Gasteiger partial charge in [-0.1, -0.05) is 41.4 Å². The first-order valence-electron chi connectivity index (χ1n) is 7.72. The van der Waals surface area contributed by atoms with Crippen molar-refractivity contribution in [1.29, 1.82) is 0 Å². The summed E-state index contributed by atoms with van der Waals surface area (Å²) in [6.45, 7) is 2.09. The van der Waals surface area contributed by atoms with E-state index in [2.05, 4.69) is 14.7 Å². The van der Waals surface area contributed by atoms with Crippen LogP contribution in [0.5, 0.6) is 5.88 Å². The molecule has 0 bridgehead atoms. The summed E-state index contributed by atoms with van der Waals surface area (Å²) in [7, 11) is -3.79. The van der Waals surface area contributed by atoms with Crippen molar-refractivity contribution in [3.63, 3.8) is 0 Å². The Hall–Kier alpha value is -2.64. The summed E-state index contributed by atoms with van der Waals surface area (Å²) < 4.78 is 33.1. The van der Waals surface area contributed by atoms with Crippen LogP contribution in [0.15, 0.2) is 65.8 Å². The highest BCUT2D eigenvalue weighted by atomic mass is 35.5. The fraction of sp³-hybridized carbons (Fsp3) is 0.111. The Labute approximate surface area is 156 Å². The number of aryl methyl sites for hydroxylation is 1. The largest absolute Gasteiger partial charge is 0.470 e. The molecule has 0 atom stereocenters. The third-order valence-electron chi connectivity index (χ3n) is 3.52. The molecule has 2 aromatic carbocycles. The van der Waals surface area contributed by atoms with Crippen LogP contribution < -0.4 is 9.46 Å². The number of halogens is 1. The van der Waals surface area contributed by atoms with Gasteiger partial charge < -0.3 is 4.74 Å². The number of benzene rings is 2. The van der Waals surface area contributed by atoms with Gasteiger partial charge in [0.2, 0.25) is 5.82 Å². The van der Waals surface area contributed by atoms with Gasteiger partial charge in [0.15, 0.2) is 0 Å². The van der Waals surface area contributed by atoms with E-state index in [-0.39, 0.29) is 23.2 Å². The Morgan fingerprint density at radius 1 is 1.00 bits per heavy atom. The van der Waals surface area contributed by atoms with E-state index in [1.54, 1.807) is 24.3 Å². The molecule has 3 aromatic rings. The maximum absolute atomic E-state index is 12.5. The minimum absolute atomic E-state index is 0.0297. The molecular formula is C18H16ClN3O3S. The van der Waals surface area contributed by atoms with Crippen molar-refractivity contribution in [3.05, 3.63) is 77.1 Å². The van der Waals surface area contributed by atoms with Gasteiger partial charge in [-0.3, -0.25) is 4.72 Å². The average molecular weight is 390 g/mol. The van der Waals surface area contributed by atoms with Crippen LogP contribution in [0.4, 0.5) is 5.82 Å². The number of rotatable bonds is 6. The quantitative estimate of drug-likeness (QED) is 0.693. The van der Waals surface area contributed by atoms with E-state index < -0.39 is 10.0 Å². The van der Waals surface area contributed by atoms with Crippen molar-refractivity contribution in [3.8, 4) is 5.88 Å². The number of sulfonamides is 1. The first-order chi connectivity index (χ1) is 12.4. The van der Waals surface area contributed by atoms with Crippen LogP contribution in [-0.2, 0) is 16.6 Å². The third-order valence-corrected chi connectivity index (χ3v) is 5.12. The van der Waals surface area contributed by atoms with Crippen molar-refractivity contribution in [2.75, 3.05) is 4.72 Å². The molecule has 0 saturated carbocycles. The van der Waals surface area contributed by atoms with Gasteiger partial charge in [0, 0.05) is 17.4 Å². The van der Waals surface area contributed by atoms with Gasteiger partial charge in [-0.15, -0.1) is 0 Å². The molecule has 26 heavy (non-hydrogen) atoms. The Bertz CT molecular complexity index is 991. The molecular weight excluding hydrogens is 374 g/mol. The number of anilines is 1. The maximum Gasteiger partial charge on any atom is 0.263 e. The smallest absolute Gasteiger partial charge is 0.263 e. The average Bonchev–Trinajstić information content (AvgIpc) is 2.62. The molecule has 0 saturated heterocycles. The molecule has 0 amide bonds. The van der Waals surface area contributed by atoms with Crippen LogP contribution in [0.3, 0.4) is 0 Å². The zero-order valence-electron chi connectivity index (χ0n) is 13.9. The fourth-order valence-electron chi connectivity index (χ4n) is 2.14. The summed E-state index contributed by atoms with van der Waals surface area (Å²) >= 11 is 5.85. The van der Waals surface area contributed by atoms with Crippen LogP contribution in [0, 0.1) is 6.92 Å². The Morgan fingerprint density at radius 2 is 1.65 bits per heavy atom. The van der Waals surface area contributed by atoms with E-state index in [1.165, 1.54) is 24.5 Å². The Morgan fingerprint density at radius 3 is 2.35 bits per heavy atom. The molecule has 6 nitrogen and oxygen atoms in total.